The zero-order valence-corrected chi connectivity index (χ0v) is 14.8. The number of aromatic nitrogens is 2. The lowest BCUT2D eigenvalue weighted by Crippen LogP contribution is -2.47. The monoisotopic (exact) mass is 339 g/mol. The van der Waals surface area contributed by atoms with E-state index >= 15 is 0 Å². The Hall–Kier alpha value is -2.14. The van der Waals surface area contributed by atoms with Gasteiger partial charge in [0, 0.05) is 18.8 Å². The van der Waals surface area contributed by atoms with Crippen LogP contribution in [0.2, 0.25) is 0 Å². The molecule has 2 fully saturated rings. The molecule has 0 radical (unpaired) electrons. The number of hydrogen-bond donors (Lipinski definition) is 0. The third-order valence-electron chi connectivity index (χ3n) is 5.11. The van der Waals surface area contributed by atoms with Crippen molar-refractivity contribution in [3.05, 3.63) is 53.9 Å². The molecule has 1 saturated carbocycles. The van der Waals surface area contributed by atoms with Crippen molar-refractivity contribution in [2.24, 2.45) is 5.92 Å². The van der Waals surface area contributed by atoms with E-state index in [4.69, 9.17) is 4.74 Å². The van der Waals surface area contributed by atoms with E-state index in [-0.39, 0.29) is 24.2 Å². The summed E-state index contributed by atoms with van der Waals surface area (Å²) < 4.78 is 8.18. The van der Waals surface area contributed by atoms with E-state index in [1.165, 1.54) is 12.8 Å². The van der Waals surface area contributed by atoms with Crippen molar-refractivity contribution in [2.75, 3.05) is 13.1 Å². The van der Waals surface area contributed by atoms with Gasteiger partial charge in [0.1, 0.15) is 6.10 Å². The molecule has 25 heavy (non-hydrogen) atoms. The number of morpholine rings is 1. The van der Waals surface area contributed by atoms with Gasteiger partial charge in [-0.2, -0.15) is 5.10 Å². The van der Waals surface area contributed by atoms with Crippen LogP contribution in [0.5, 0.6) is 0 Å². The third-order valence-corrected chi connectivity index (χ3v) is 5.11. The molecule has 1 aliphatic heterocycles. The molecule has 132 valence electrons. The molecule has 2 heterocycles. The molecule has 5 nitrogen and oxygen atoms in total. The van der Waals surface area contributed by atoms with E-state index < -0.39 is 0 Å². The molecule has 5 heteroatoms. The van der Waals surface area contributed by atoms with E-state index in [0.717, 1.165) is 5.56 Å². The van der Waals surface area contributed by atoms with Gasteiger partial charge in [0.25, 0.3) is 5.91 Å². The highest BCUT2D eigenvalue weighted by molar-refractivity contribution is 5.93. The molecule has 1 amide bonds. The standard InChI is InChI=1S/C20H25N3O2/c1-14(2)23-11-17(10-21-23)20(24)22-12-18(15-6-4-3-5-7-15)25-19(13-22)16-8-9-16/h3-7,10-11,14,16,18-19H,8-9,12-13H2,1-2H3/t18-,19+/m0/s1. The SMILES string of the molecule is CC(C)n1cc(C(=O)N2C[C@@H](c3ccccc3)O[C@@H](C3CC3)C2)cn1. The molecule has 2 aromatic rings. The number of carbonyl (C=O) groups excluding carboxylic acids is 1. The zero-order chi connectivity index (χ0) is 17.4. The van der Waals surface area contributed by atoms with E-state index in [9.17, 15) is 4.79 Å². The quantitative estimate of drug-likeness (QED) is 0.857. The molecule has 1 aliphatic carbocycles. The van der Waals surface area contributed by atoms with Crippen LogP contribution >= 0.6 is 0 Å². The summed E-state index contributed by atoms with van der Waals surface area (Å²) >= 11 is 0. The van der Waals surface area contributed by atoms with Crippen LogP contribution in [0, 0.1) is 5.92 Å². The molecule has 0 spiro atoms. The maximum absolute atomic E-state index is 13.0. The number of benzene rings is 1. The predicted molar refractivity (Wildman–Crippen MR) is 95.3 cm³/mol. The second-order valence-electron chi connectivity index (χ2n) is 7.42. The minimum atomic E-state index is -0.0513. The molecular weight excluding hydrogens is 314 g/mol. The van der Waals surface area contributed by atoms with Crippen LogP contribution < -0.4 is 0 Å². The normalized spacial score (nSPS) is 23.9. The van der Waals surface area contributed by atoms with Crippen molar-refractivity contribution in [2.45, 2.75) is 44.9 Å². The van der Waals surface area contributed by atoms with Crippen molar-refractivity contribution in [1.82, 2.24) is 14.7 Å². The van der Waals surface area contributed by atoms with E-state index in [0.29, 0.717) is 24.6 Å². The first-order valence-electron chi connectivity index (χ1n) is 9.15. The van der Waals surface area contributed by atoms with Crippen LogP contribution in [-0.4, -0.2) is 39.8 Å². The largest absolute Gasteiger partial charge is 0.366 e. The number of ether oxygens (including phenoxy) is 1. The summed E-state index contributed by atoms with van der Waals surface area (Å²) in [6.07, 6.45) is 6.04. The van der Waals surface area contributed by atoms with Gasteiger partial charge >= 0.3 is 0 Å². The van der Waals surface area contributed by atoms with Crippen LogP contribution in [0.4, 0.5) is 0 Å². The Bertz CT molecular complexity index is 736. The fourth-order valence-electron chi connectivity index (χ4n) is 3.45. The van der Waals surface area contributed by atoms with Gasteiger partial charge in [0.15, 0.2) is 0 Å². The molecule has 0 bridgehead atoms. The van der Waals surface area contributed by atoms with Crippen LogP contribution in [0.3, 0.4) is 0 Å². The van der Waals surface area contributed by atoms with E-state index in [1.54, 1.807) is 6.20 Å². The zero-order valence-electron chi connectivity index (χ0n) is 14.8. The van der Waals surface area contributed by atoms with Crippen molar-refractivity contribution < 1.29 is 9.53 Å². The van der Waals surface area contributed by atoms with Crippen LogP contribution in [0.1, 0.15) is 54.8 Å². The molecule has 1 aromatic carbocycles. The fraction of sp³-hybridized carbons (Fsp3) is 0.500. The van der Waals surface area contributed by atoms with Crippen LogP contribution in [0.25, 0.3) is 0 Å². The molecule has 1 aromatic heterocycles. The maximum Gasteiger partial charge on any atom is 0.257 e. The summed E-state index contributed by atoms with van der Waals surface area (Å²) in [6.45, 7) is 5.40. The Morgan fingerprint density at radius 2 is 1.96 bits per heavy atom. The van der Waals surface area contributed by atoms with E-state index in [2.05, 4.69) is 31.1 Å². The van der Waals surface area contributed by atoms with Gasteiger partial charge in [-0.1, -0.05) is 30.3 Å². The number of hydrogen-bond acceptors (Lipinski definition) is 3. The summed E-state index contributed by atoms with van der Waals surface area (Å²) in [5.74, 6) is 0.655. The first kappa shape index (κ1) is 16.3. The maximum atomic E-state index is 13.0. The first-order chi connectivity index (χ1) is 12.1. The Morgan fingerprint density at radius 3 is 2.60 bits per heavy atom. The van der Waals surface area contributed by atoms with Crippen molar-refractivity contribution in [3.8, 4) is 0 Å². The van der Waals surface area contributed by atoms with Gasteiger partial charge in [-0.15, -0.1) is 0 Å². The lowest BCUT2D eigenvalue weighted by molar-refractivity contribution is -0.0864. The third kappa shape index (κ3) is 3.47. The summed E-state index contributed by atoms with van der Waals surface area (Å²) in [5.41, 5.74) is 1.81. The highest BCUT2D eigenvalue weighted by Crippen LogP contribution is 2.39. The first-order valence-corrected chi connectivity index (χ1v) is 9.15. The van der Waals surface area contributed by atoms with Gasteiger partial charge < -0.3 is 9.64 Å². The van der Waals surface area contributed by atoms with Gasteiger partial charge in [-0.05, 0) is 38.2 Å². The minimum absolute atomic E-state index is 0.0513. The second-order valence-corrected chi connectivity index (χ2v) is 7.42. The highest BCUT2D eigenvalue weighted by atomic mass is 16.5. The number of nitrogens with zero attached hydrogens (tertiary/aromatic N) is 3. The fourth-order valence-corrected chi connectivity index (χ4v) is 3.45. The Balaban J connectivity index is 1.55. The van der Waals surface area contributed by atoms with Gasteiger partial charge in [0.2, 0.25) is 0 Å². The number of carbonyl (C=O) groups is 1. The average molecular weight is 339 g/mol. The summed E-state index contributed by atoms with van der Waals surface area (Å²) in [6, 6.07) is 10.5. The second kappa shape index (κ2) is 6.64. The van der Waals surface area contributed by atoms with Gasteiger partial charge in [-0.3, -0.25) is 9.48 Å². The Kier molecular flexibility index (Phi) is 4.34. The van der Waals surface area contributed by atoms with Crippen LogP contribution in [0.15, 0.2) is 42.7 Å². The lowest BCUT2D eigenvalue weighted by Gasteiger charge is -2.38. The lowest BCUT2D eigenvalue weighted by atomic mass is 10.0. The molecule has 0 unspecified atom stereocenters. The van der Waals surface area contributed by atoms with Gasteiger partial charge in [0.05, 0.1) is 24.4 Å². The molecule has 1 saturated heterocycles. The molecular formula is C20H25N3O2. The van der Waals surface area contributed by atoms with E-state index in [1.807, 2.05) is 34.0 Å². The molecule has 0 N–H and O–H groups in total. The summed E-state index contributed by atoms with van der Waals surface area (Å²) in [4.78, 5) is 15.0. The minimum Gasteiger partial charge on any atom is -0.366 e. The summed E-state index contributed by atoms with van der Waals surface area (Å²) in [5, 5.41) is 4.31. The van der Waals surface area contributed by atoms with Crippen molar-refractivity contribution >= 4 is 5.91 Å². The summed E-state index contributed by atoms with van der Waals surface area (Å²) in [7, 11) is 0. The molecule has 2 atom stereocenters. The van der Waals surface area contributed by atoms with Crippen LogP contribution in [-0.2, 0) is 4.74 Å². The van der Waals surface area contributed by atoms with Crippen molar-refractivity contribution in [3.63, 3.8) is 0 Å². The number of amides is 1. The number of rotatable bonds is 4. The smallest absolute Gasteiger partial charge is 0.257 e. The highest BCUT2D eigenvalue weighted by Gasteiger charge is 2.40. The predicted octanol–water partition coefficient (Wildman–Crippen LogP) is 3.46. The average Bonchev–Trinajstić information content (AvgIpc) is 3.37. The van der Waals surface area contributed by atoms with Crippen molar-refractivity contribution in [1.29, 1.82) is 0 Å². The molecule has 4 rings (SSSR count). The molecule has 2 aliphatic rings. The van der Waals surface area contributed by atoms with Gasteiger partial charge in [-0.25, -0.2) is 0 Å². The Labute approximate surface area is 148 Å². The Morgan fingerprint density at radius 1 is 1.20 bits per heavy atom. The topological polar surface area (TPSA) is 47.4 Å².